The van der Waals surface area contributed by atoms with E-state index in [1.165, 1.54) is 28.9 Å². The van der Waals surface area contributed by atoms with Crippen LogP contribution in [0.15, 0.2) is 47.6 Å². The van der Waals surface area contributed by atoms with Gasteiger partial charge in [-0.25, -0.2) is 35.1 Å². The van der Waals surface area contributed by atoms with E-state index in [0.717, 1.165) is 22.0 Å². The lowest BCUT2D eigenvalue weighted by Gasteiger charge is -2.35. The van der Waals surface area contributed by atoms with Crippen molar-refractivity contribution in [3.63, 3.8) is 0 Å². The van der Waals surface area contributed by atoms with Crippen molar-refractivity contribution in [1.29, 1.82) is 0 Å². The molecule has 16 nitrogen and oxygen atoms in total. The van der Waals surface area contributed by atoms with Crippen molar-refractivity contribution in [3.8, 4) is 5.69 Å². The number of sulfonamides is 2. The van der Waals surface area contributed by atoms with E-state index in [1.54, 1.807) is 39.2 Å². The number of rotatable bonds is 13. The van der Waals surface area contributed by atoms with Gasteiger partial charge in [0.15, 0.2) is 0 Å². The van der Waals surface area contributed by atoms with Crippen molar-refractivity contribution < 1.29 is 49.5 Å². The highest BCUT2D eigenvalue weighted by Crippen LogP contribution is 2.48. The number of alkyl halides is 2. The first kappa shape index (κ1) is 39.5. The van der Waals surface area contributed by atoms with Gasteiger partial charge < -0.3 is 20.3 Å². The zero-order valence-electron chi connectivity index (χ0n) is 30.1. The van der Waals surface area contributed by atoms with E-state index < -0.39 is 104 Å². The molecule has 2 aromatic rings. The fraction of sp³-hybridized carbons (Fsp3) is 0.618. The van der Waals surface area contributed by atoms with Gasteiger partial charge in [-0.05, 0) is 86.6 Å². The average molecular weight is 798 g/mol. The first-order chi connectivity index (χ1) is 25.3. The normalized spacial score (nSPS) is 24.3. The molecule has 0 unspecified atom stereocenters. The highest BCUT2D eigenvalue weighted by Gasteiger charge is 2.63. The van der Waals surface area contributed by atoms with Crippen LogP contribution < -0.4 is 15.4 Å². The number of nitrogens with one attached hydrogen (secondary N) is 3. The lowest BCUT2D eigenvalue weighted by Crippen LogP contribution is -2.60. The highest BCUT2D eigenvalue weighted by molar-refractivity contribution is 7.91. The molecule has 296 valence electrons. The standard InChI is InChI=1S/C34H45F2N7O9S2/c1-33(2,3)28(38-32(47)52-23-7-4-5-8-23)30(45)42-20-41(54(50,51)25-11-9-22(10-12-25)43-16-6-15-37-43)19-26(42)29(44)39-34(18-21(34)17-27(35)36)31(46)40-53(48,49)24-13-14-24/h6,9-12,15-16,21,23-24,26-28H,4-5,7-8,13-14,17-20H2,1-3H3,(H,38,47)(H,39,44)(H,40,46)/t21-,26+,28-,34-/m1/s1. The fourth-order valence-corrected chi connectivity index (χ4v) is 9.76. The quantitative estimate of drug-likeness (QED) is 0.270. The summed E-state index contributed by atoms with van der Waals surface area (Å²) in [5.41, 5.74) is -2.47. The Hall–Kier alpha value is -4.17. The fourth-order valence-electron chi connectivity index (χ4n) is 7.01. The van der Waals surface area contributed by atoms with Crippen LogP contribution in [0.5, 0.6) is 0 Å². The lowest BCUT2D eigenvalue weighted by atomic mass is 9.85. The molecule has 0 bridgehead atoms. The molecule has 1 aromatic carbocycles. The van der Waals surface area contributed by atoms with Gasteiger partial charge in [0.05, 0.1) is 22.5 Å². The van der Waals surface area contributed by atoms with E-state index in [0.29, 0.717) is 31.4 Å². The van der Waals surface area contributed by atoms with Crippen LogP contribution in [0, 0.1) is 11.3 Å². The molecule has 0 spiro atoms. The summed E-state index contributed by atoms with van der Waals surface area (Å²) in [6.45, 7) is 3.71. The second-order valence-corrected chi connectivity index (χ2v) is 19.4. The van der Waals surface area contributed by atoms with Crippen LogP contribution in [-0.4, -0.2) is 108 Å². The van der Waals surface area contributed by atoms with Gasteiger partial charge in [-0.3, -0.25) is 19.1 Å². The Morgan fingerprint density at radius 2 is 1.69 bits per heavy atom. The van der Waals surface area contributed by atoms with Crippen molar-refractivity contribution in [2.24, 2.45) is 11.3 Å². The molecule has 4 aliphatic rings. The smallest absolute Gasteiger partial charge is 0.408 e. The van der Waals surface area contributed by atoms with Gasteiger partial charge in [-0.2, -0.15) is 9.40 Å². The number of carbonyl (C=O) groups excluding carboxylic acids is 4. The summed E-state index contributed by atoms with van der Waals surface area (Å²) in [5.74, 6) is -4.22. The number of carbonyl (C=O) groups is 4. The van der Waals surface area contributed by atoms with Crippen molar-refractivity contribution in [2.45, 2.75) is 112 Å². The highest BCUT2D eigenvalue weighted by atomic mass is 32.2. The predicted molar refractivity (Wildman–Crippen MR) is 188 cm³/mol. The van der Waals surface area contributed by atoms with E-state index in [9.17, 15) is 44.8 Å². The molecule has 0 radical (unpaired) electrons. The average Bonchev–Trinajstić information content (AvgIpc) is 3.79. The van der Waals surface area contributed by atoms with Gasteiger partial charge in [0.1, 0.15) is 23.7 Å². The first-order valence-corrected chi connectivity index (χ1v) is 20.8. The molecule has 3 aliphatic carbocycles. The maximum atomic E-state index is 14.4. The van der Waals surface area contributed by atoms with Gasteiger partial charge in [0, 0.05) is 25.4 Å². The van der Waals surface area contributed by atoms with Crippen molar-refractivity contribution in [3.05, 3.63) is 42.7 Å². The Morgan fingerprint density at radius 1 is 1.02 bits per heavy atom. The molecular formula is C34H45F2N7O9S2. The summed E-state index contributed by atoms with van der Waals surface area (Å²) in [7, 11) is -8.53. The third-order valence-corrected chi connectivity index (χ3v) is 14.0. The van der Waals surface area contributed by atoms with E-state index in [4.69, 9.17) is 4.74 Å². The van der Waals surface area contributed by atoms with E-state index in [2.05, 4.69) is 15.7 Å². The predicted octanol–water partition coefficient (Wildman–Crippen LogP) is 2.25. The third-order valence-electron chi connectivity index (χ3n) is 10.4. The maximum absolute atomic E-state index is 14.4. The van der Waals surface area contributed by atoms with Crippen molar-refractivity contribution in [2.75, 3.05) is 13.2 Å². The number of ether oxygens (including phenoxy) is 1. The Labute approximate surface area is 312 Å². The Bertz CT molecular complexity index is 1970. The minimum absolute atomic E-state index is 0.169. The van der Waals surface area contributed by atoms with Crippen LogP contribution in [0.25, 0.3) is 5.69 Å². The van der Waals surface area contributed by atoms with Gasteiger partial charge >= 0.3 is 6.09 Å². The van der Waals surface area contributed by atoms with Gasteiger partial charge in [0.25, 0.3) is 5.91 Å². The lowest BCUT2D eigenvalue weighted by molar-refractivity contribution is -0.142. The Kier molecular flexibility index (Phi) is 10.8. The molecule has 1 saturated heterocycles. The van der Waals surface area contributed by atoms with Crippen molar-refractivity contribution >= 4 is 43.9 Å². The summed E-state index contributed by atoms with van der Waals surface area (Å²) in [5, 5.41) is 8.35. The van der Waals surface area contributed by atoms with Gasteiger partial charge in [-0.15, -0.1) is 0 Å². The van der Waals surface area contributed by atoms with Crippen LogP contribution in [0.3, 0.4) is 0 Å². The van der Waals surface area contributed by atoms with E-state index >= 15 is 0 Å². The Morgan fingerprint density at radius 3 is 2.26 bits per heavy atom. The van der Waals surface area contributed by atoms with Crippen molar-refractivity contribution in [1.82, 2.24) is 34.3 Å². The number of alkyl carbamates (subject to hydrolysis) is 1. The molecule has 1 aromatic heterocycles. The number of nitrogens with zero attached hydrogens (tertiary/aromatic N) is 4. The third kappa shape index (κ3) is 8.39. The zero-order chi connectivity index (χ0) is 39.2. The second-order valence-electron chi connectivity index (χ2n) is 15.5. The maximum Gasteiger partial charge on any atom is 0.408 e. The number of halogens is 2. The number of amides is 4. The summed E-state index contributed by atoms with van der Waals surface area (Å²) in [6, 6.07) is 4.46. The molecule has 54 heavy (non-hydrogen) atoms. The minimum atomic E-state index is -4.39. The van der Waals surface area contributed by atoms with Crippen LogP contribution >= 0.6 is 0 Å². The zero-order valence-corrected chi connectivity index (χ0v) is 31.7. The monoisotopic (exact) mass is 797 g/mol. The first-order valence-electron chi connectivity index (χ1n) is 17.9. The van der Waals surface area contributed by atoms with Crippen LogP contribution in [0.2, 0.25) is 0 Å². The number of hydrogen-bond donors (Lipinski definition) is 3. The molecule has 3 N–H and O–H groups in total. The molecule has 4 atom stereocenters. The van der Waals surface area contributed by atoms with E-state index in [1.807, 2.05) is 4.72 Å². The summed E-state index contributed by atoms with van der Waals surface area (Å²) in [6.07, 6.45) is 1.73. The molecule has 4 fully saturated rings. The molecular weight excluding hydrogens is 753 g/mol. The second kappa shape index (κ2) is 14.8. The van der Waals surface area contributed by atoms with E-state index in [-0.39, 0.29) is 17.4 Å². The summed E-state index contributed by atoms with van der Waals surface area (Å²) in [4.78, 5) is 55.9. The van der Waals surface area contributed by atoms with Crippen LogP contribution in [0.1, 0.15) is 72.1 Å². The van der Waals surface area contributed by atoms with Crippen LogP contribution in [-0.2, 0) is 39.2 Å². The number of aromatic nitrogens is 2. The molecule has 20 heteroatoms. The number of benzene rings is 1. The molecule has 1 aliphatic heterocycles. The SMILES string of the molecule is CC(C)(C)[C@H](NC(=O)OC1CCCC1)C(=O)N1CN(S(=O)(=O)c2ccc(-n3cccn3)cc2)C[C@H]1C(=O)N[C@]1(C(=O)NS(=O)(=O)C2CC2)C[C@H]1CC(F)F. The Balaban J connectivity index is 1.29. The number of hydrogen-bond acceptors (Lipinski definition) is 10. The van der Waals surface area contributed by atoms with Gasteiger partial charge in [0.2, 0.25) is 38.3 Å². The molecule has 2 heterocycles. The summed E-state index contributed by atoms with van der Waals surface area (Å²) >= 11 is 0. The summed E-state index contributed by atoms with van der Waals surface area (Å²) < 4.78 is 90.4. The van der Waals surface area contributed by atoms with Gasteiger partial charge in [-0.1, -0.05) is 20.8 Å². The topological polar surface area (TPSA) is 206 Å². The molecule has 3 saturated carbocycles. The molecule has 4 amide bonds. The minimum Gasteiger partial charge on any atom is -0.446 e. The molecule has 6 rings (SSSR count). The van der Waals surface area contributed by atoms with Crippen LogP contribution in [0.4, 0.5) is 13.6 Å². The largest absolute Gasteiger partial charge is 0.446 e.